The molecule has 0 aromatic carbocycles. The summed E-state index contributed by atoms with van der Waals surface area (Å²) >= 11 is 0. The molecule has 0 saturated heterocycles. The fraction of sp³-hybridized carbons (Fsp3) is 0.846. The van der Waals surface area contributed by atoms with Gasteiger partial charge in [-0.05, 0) is 49.9 Å². The quantitative estimate of drug-likeness (QED) is 0.737. The van der Waals surface area contributed by atoms with E-state index < -0.39 is 11.4 Å². The van der Waals surface area contributed by atoms with Gasteiger partial charge in [0.05, 0.1) is 16.9 Å². The second-order valence-corrected chi connectivity index (χ2v) is 6.80. The van der Waals surface area contributed by atoms with E-state index in [4.69, 9.17) is 0 Å². The Morgan fingerprint density at radius 2 is 2.06 bits per heavy atom. The molecule has 4 rings (SSSR count). The lowest BCUT2D eigenvalue weighted by atomic mass is 9.40. The van der Waals surface area contributed by atoms with E-state index in [0.717, 1.165) is 32.1 Å². The maximum Gasteiger partial charge on any atom is 0.309 e. The van der Waals surface area contributed by atoms with E-state index >= 15 is 0 Å². The molecule has 0 spiro atoms. The first kappa shape index (κ1) is 10.1. The van der Waals surface area contributed by atoms with Crippen LogP contribution < -0.4 is 0 Å². The Morgan fingerprint density at radius 1 is 1.31 bits per heavy atom. The summed E-state index contributed by atoms with van der Waals surface area (Å²) in [6.45, 7) is 2.18. The number of carbonyl (C=O) groups is 1. The Kier molecular flexibility index (Phi) is 1.65. The predicted octanol–water partition coefficient (Wildman–Crippen LogP) is 2.57. The van der Waals surface area contributed by atoms with E-state index in [0.29, 0.717) is 12.3 Å². The highest BCUT2D eigenvalue weighted by Crippen LogP contribution is 2.69. The minimum atomic E-state index is -0.664. The second-order valence-electron chi connectivity index (χ2n) is 6.80. The molecule has 1 N–H and O–H groups in total. The molecular weight excluding hydrogens is 202 g/mol. The molecule has 3 heteroatoms. The third kappa shape index (κ3) is 1.10. The molecule has 16 heavy (non-hydrogen) atoms. The maximum atomic E-state index is 11.5. The Balaban J connectivity index is 2.09. The molecule has 0 amide bonds. The lowest BCUT2D eigenvalue weighted by Gasteiger charge is -2.62. The first-order valence-corrected chi connectivity index (χ1v) is 6.06. The molecule has 4 unspecified atom stereocenters. The van der Waals surface area contributed by atoms with Crippen LogP contribution in [0.4, 0.5) is 0 Å². The molecule has 3 nitrogen and oxygen atoms in total. The van der Waals surface area contributed by atoms with Gasteiger partial charge in [0.15, 0.2) is 0 Å². The summed E-state index contributed by atoms with van der Waals surface area (Å²) in [5.74, 6) is -0.195. The van der Waals surface area contributed by atoms with E-state index in [2.05, 4.69) is 13.0 Å². The Bertz CT molecular complexity index is 413. The molecule has 4 bridgehead atoms. The van der Waals surface area contributed by atoms with E-state index in [9.17, 15) is 15.2 Å². The zero-order valence-corrected chi connectivity index (χ0v) is 9.62. The van der Waals surface area contributed by atoms with E-state index in [1.807, 2.05) is 0 Å². The third-order valence-corrected chi connectivity index (χ3v) is 5.04. The first-order chi connectivity index (χ1) is 7.41. The molecule has 4 saturated carbocycles. The molecule has 4 atom stereocenters. The number of nitriles is 1. The average molecular weight is 219 g/mol. The normalized spacial score (nSPS) is 53.6. The number of hydrogen-bond acceptors (Lipinski definition) is 2. The largest absolute Gasteiger partial charge is 0.481 e. The van der Waals surface area contributed by atoms with Crippen molar-refractivity contribution in [2.45, 2.75) is 45.4 Å². The smallest absolute Gasteiger partial charge is 0.309 e. The lowest BCUT2D eigenvalue weighted by Crippen LogP contribution is -2.58. The van der Waals surface area contributed by atoms with Crippen molar-refractivity contribution in [3.8, 4) is 6.07 Å². The number of carboxylic acids is 1. The van der Waals surface area contributed by atoms with Crippen LogP contribution in [0.3, 0.4) is 0 Å². The summed E-state index contributed by atoms with van der Waals surface area (Å²) < 4.78 is 0. The van der Waals surface area contributed by atoms with Crippen molar-refractivity contribution in [1.82, 2.24) is 0 Å². The van der Waals surface area contributed by atoms with Crippen molar-refractivity contribution in [2.24, 2.45) is 22.2 Å². The molecule has 0 heterocycles. The monoisotopic (exact) mass is 219 g/mol. The van der Waals surface area contributed by atoms with Crippen molar-refractivity contribution in [3.05, 3.63) is 0 Å². The number of nitrogens with zero attached hydrogens (tertiary/aromatic N) is 1. The van der Waals surface area contributed by atoms with Gasteiger partial charge in [-0.1, -0.05) is 6.92 Å². The number of carboxylic acid groups (broad SMARTS) is 1. The molecule has 4 aliphatic rings. The summed E-state index contributed by atoms with van der Waals surface area (Å²) in [5.41, 5.74) is -0.802. The molecule has 0 aliphatic heterocycles. The summed E-state index contributed by atoms with van der Waals surface area (Å²) in [6, 6.07) is 2.45. The van der Waals surface area contributed by atoms with Gasteiger partial charge in [0.2, 0.25) is 0 Å². The predicted molar refractivity (Wildman–Crippen MR) is 57.4 cm³/mol. The van der Waals surface area contributed by atoms with E-state index in [-0.39, 0.29) is 10.8 Å². The van der Waals surface area contributed by atoms with Crippen LogP contribution in [0.5, 0.6) is 0 Å². The van der Waals surface area contributed by atoms with Crippen LogP contribution in [0.25, 0.3) is 0 Å². The van der Waals surface area contributed by atoms with Gasteiger partial charge in [-0.25, -0.2) is 0 Å². The van der Waals surface area contributed by atoms with Crippen molar-refractivity contribution in [1.29, 1.82) is 5.26 Å². The lowest BCUT2D eigenvalue weighted by molar-refractivity contribution is -0.180. The number of rotatable bonds is 1. The van der Waals surface area contributed by atoms with Crippen molar-refractivity contribution in [2.75, 3.05) is 0 Å². The van der Waals surface area contributed by atoms with Gasteiger partial charge < -0.3 is 5.11 Å². The van der Waals surface area contributed by atoms with Gasteiger partial charge in [-0.15, -0.1) is 0 Å². The third-order valence-electron chi connectivity index (χ3n) is 5.04. The van der Waals surface area contributed by atoms with Crippen LogP contribution in [-0.2, 0) is 4.79 Å². The highest BCUT2D eigenvalue weighted by atomic mass is 16.4. The minimum Gasteiger partial charge on any atom is -0.481 e. The zero-order valence-electron chi connectivity index (χ0n) is 9.62. The fourth-order valence-corrected chi connectivity index (χ4v) is 5.28. The SMILES string of the molecule is CC12CC3CC(C#N)(C1)CC(C(=O)O)(C3)C2. The summed E-state index contributed by atoms with van der Waals surface area (Å²) in [7, 11) is 0. The van der Waals surface area contributed by atoms with Crippen molar-refractivity contribution >= 4 is 5.97 Å². The molecule has 0 aromatic rings. The number of hydrogen-bond donors (Lipinski definition) is 1. The zero-order chi connectivity index (χ0) is 11.6. The average Bonchev–Trinajstić information content (AvgIpc) is 2.13. The van der Waals surface area contributed by atoms with Crippen LogP contribution in [0, 0.1) is 33.5 Å². The maximum absolute atomic E-state index is 11.5. The van der Waals surface area contributed by atoms with Crippen LogP contribution in [0.15, 0.2) is 0 Å². The minimum absolute atomic E-state index is 0.105. The second kappa shape index (κ2) is 2.61. The van der Waals surface area contributed by atoms with Gasteiger partial charge >= 0.3 is 5.97 Å². The Morgan fingerprint density at radius 3 is 2.62 bits per heavy atom. The molecule has 0 radical (unpaired) electrons. The summed E-state index contributed by atoms with van der Waals surface area (Å²) in [4.78, 5) is 11.5. The molecule has 4 fully saturated rings. The molecule has 0 aromatic heterocycles. The van der Waals surface area contributed by atoms with Gasteiger partial charge in [-0.3, -0.25) is 4.79 Å². The van der Waals surface area contributed by atoms with Crippen LogP contribution in [0.1, 0.15) is 45.4 Å². The topological polar surface area (TPSA) is 61.1 Å². The standard InChI is InChI=1S/C13H17NO2/c1-11-2-9-3-12(5-11,8-14)7-13(4-9,6-11)10(15)16/h9H,2-7H2,1H3,(H,15,16). The highest BCUT2D eigenvalue weighted by Gasteiger charge is 2.64. The van der Waals surface area contributed by atoms with Gasteiger partial charge in [0.1, 0.15) is 0 Å². The summed E-state index contributed by atoms with van der Waals surface area (Å²) in [5, 5.41) is 18.9. The number of aliphatic carboxylic acids is 1. The fourth-order valence-electron chi connectivity index (χ4n) is 5.28. The van der Waals surface area contributed by atoms with Crippen molar-refractivity contribution in [3.63, 3.8) is 0 Å². The van der Waals surface area contributed by atoms with Crippen LogP contribution >= 0.6 is 0 Å². The van der Waals surface area contributed by atoms with E-state index in [1.165, 1.54) is 0 Å². The molecule has 4 aliphatic carbocycles. The van der Waals surface area contributed by atoms with Crippen LogP contribution in [0.2, 0.25) is 0 Å². The van der Waals surface area contributed by atoms with Crippen LogP contribution in [-0.4, -0.2) is 11.1 Å². The van der Waals surface area contributed by atoms with E-state index in [1.54, 1.807) is 0 Å². The first-order valence-electron chi connectivity index (χ1n) is 6.06. The van der Waals surface area contributed by atoms with Gasteiger partial charge in [-0.2, -0.15) is 5.26 Å². The van der Waals surface area contributed by atoms with Gasteiger partial charge in [0, 0.05) is 0 Å². The van der Waals surface area contributed by atoms with Gasteiger partial charge in [0.25, 0.3) is 0 Å². The molecule has 86 valence electrons. The van der Waals surface area contributed by atoms with Crippen molar-refractivity contribution < 1.29 is 9.90 Å². The summed E-state index contributed by atoms with van der Waals surface area (Å²) in [6.07, 6.45) is 5.18. The molecular formula is C13H17NO2. The Labute approximate surface area is 95.4 Å². The Hall–Kier alpha value is -1.04. The highest BCUT2D eigenvalue weighted by molar-refractivity contribution is 5.75.